The van der Waals surface area contributed by atoms with E-state index in [1.54, 1.807) is 0 Å². The molecule has 1 aliphatic rings. The van der Waals surface area contributed by atoms with Gasteiger partial charge in [0.15, 0.2) is 5.16 Å². The Morgan fingerprint density at radius 2 is 1.35 bits per heavy atom. The van der Waals surface area contributed by atoms with Gasteiger partial charge >= 0.3 is 7.80 Å². The minimum absolute atomic E-state index is 0.222. The molecule has 0 aromatic heterocycles. The van der Waals surface area contributed by atoms with Gasteiger partial charge in [-0.3, -0.25) is 0 Å². The largest absolute Gasteiger partial charge is 0.356 e. The molecule has 1 aliphatic carbocycles. The summed E-state index contributed by atoms with van der Waals surface area (Å²) in [6.07, 6.45) is 6.28. The minimum atomic E-state index is -1.44. The molecule has 0 bridgehead atoms. The van der Waals surface area contributed by atoms with E-state index in [9.17, 15) is 4.57 Å². The topological polar surface area (TPSA) is 17.1 Å². The molecule has 0 aliphatic heterocycles. The van der Waals surface area contributed by atoms with Crippen LogP contribution in [0.3, 0.4) is 0 Å². The molecular formula is C23H26OP2+. The van der Waals surface area contributed by atoms with Crippen molar-refractivity contribution in [2.75, 3.05) is 0 Å². The van der Waals surface area contributed by atoms with E-state index < -0.39 is 15.7 Å². The second-order valence-electron chi connectivity index (χ2n) is 7.55. The SMILES string of the molecule is C[C@H]([C]1[CH][CH][CH][C]1[P+](=O)C(C)(C)C)P(c1ccccc1)c1ccccc1. The average molecular weight is 380 g/mol. The van der Waals surface area contributed by atoms with Crippen LogP contribution >= 0.6 is 15.7 Å². The quantitative estimate of drug-likeness (QED) is 0.593. The van der Waals surface area contributed by atoms with Crippen molar-refractivity contribution in [1.82, 2.24) is 0 Å². The first-order valence-electron chi connectivity index (χ1n) is 9.02. The summed E-state index contributed by atoms with van der Waals surface area (Å²) in [5.74, 6) is 1.24. The van der Waals surface area contributed by atoms with Crippen molar-refractivity contribution in [3.8, 4) is 0 Å². The van der Waals surface area contributed by atoms with Gasteiger partial charge in [0.25, 0.3) is 0 Å². The maximum Gasteiger partial charge on any atom is 0.356 e. The van der Waals surface area contributed by atoms with Crippen molar-refractivity contribution >= 4 is 26.3 Å². The molecule has 1 saturated carbocycles. The first-order chi connectivity index (χ1) is 12.4. The molecule has 1 fully saturated rings. The minimum Gasteiger partial charge on any atom is -0.0733 e. The van der Waals surface area contributed by atoms with Gasteiger partial charge in [-0.15, -0.1) is 0 Å². The van der Waals surface area contributed by atoms with Crippen LogP contribution < -0.4 is 10.6 Å². The van der Waals surface area contributed by atoms with E-state index in [0.29, 0.717) is 5.66 Å². The lowest BCUT2D eigenvalue weighted by Crippen LogP contribution is -2.27. The van der Waals surface area contributed by atoms with Crippen LogP contribution in [0.4, 0.5) is 0 Å². The molecule has 0 heterocycles. The number of rotatable bonds is 5. The van der Waals surface area contributed by atoms with Gasteiger partial charge < -0.3 is 0 Å². The zero-order valence-electron chi connectivity index (χ0n) is 15.9. The van der Waals surface area contributed by atoms with E-state index in [2.05, 4.69) is 108 Å². The summed E-state index contributed by atoms with van der Waals surface area (Å²) in [6, 6.07) is 21.5. The van der Waals surface area contributed by atoms with Crippen molar-refractivity contribution in [1.29, 1.82) is 0 Å². The average Bonchev–Trinajstić information content (AvgIpc) is 3.12. The third-order valence-electron chi connectivity index (χ3n) is 4.56. The fourth-order valence-electron chi connectivity index (χ4n) is 3.24. The van der Waals surface area contributed by atoms with Crippen LogP contribution in [0.25, 0.3) is 0 Å². The van der Waals surface area contributed by atoms with Crippen LogP contribution in [0.2, 0.25) is 0 Å². The summed E-state index contributed by atoms with van der Waals surface area (Å²) in [5, 5.41) is 2.50. The van der Waals surface area contributed by atoms with E-state index in [1.165, 1.54) is 16.5 Å². The first kappa shape index (κ1) is 19.7. The maximum atomic E-state index is 13.1. The van der Waals surface area contributed by atoms with Crippen molar-refractivity contribution in [2.45, 2.75) is 38.5 Å². The van der Waals surface area contributed by atoms with Crippen LogP contribution in [-0.4, -0.2) is 10.8 Å². The molecular weight excluding hydrogens is 354 g/mol. The Morgan fingerprint density at radius 3 is 1.81 bits per heavy atom. The molecule has 2 aromatic carbocycles. The zero-order valence-corrected chi connectivity index (χ0v) is 17.7. The van der Waals surface area contributed by atoms with E-state index in [1.807, 2.05) is 0 Å². The third-order valence-corrected chi connectivity index (χ3v) is 9.38. The Kier molecular flexibility index (Phi) is 6.32. The van der Waals surface area contributed by atoms with Crippen molar-refractivity contribution in [3.63, 3.8) is 0 Å². The Morgan fingerprint density at radius 1 is 0.846 bits per heavy atom. The van der Waals surface area contributed by atoms with Crippen LogP contribution in [0, 0.1) is 30.8 Å². The molecule has 26 heavy (non-hydrogen) atoms. The van der Waals surface area contributed by atoms with Crippen LogP contribution in [0.1, 0.15) is 27.7 Å². The second-order valence-corrected chi connectivity index (χ2v) is 12.5. The van der Waals surface area contributed by atoms with Crippen LogP contribution in [0.5, 0.6) is 0 Å². The number of benzene rings is 2. The van der Waals surface area contributed by atoms with E-state index in [0.717, 1.165) is 5.66 Å². The first-order valence-corrected chi connectivity index (χ1v) is 11.7. The van der Waals surface area contributed by atoms with Gasteiger partial charge in [-0.1, -0.05) is 72.2 Å². The van der Waals surface area contributed by atoms with E-state index >= 15 is 0 Å². The van der Waals surface area contributed by atoms with Gasteiger partial charge in [0.05, 0.1) is 0 Å². The van der Waals surface area contributed by atoms with Gasteiger partial charge in [-0.25, -0.2) is 0 Å². The highest BCUT2D eigenvalue weighted by atomic mass is 31.1. The number of hydrogen-bond acceptors (Lipinski definition) is 1. The fraction of sp³-hybridized carbons (Fsp3) is 0.261. The van der Waals surface area contributed by atoms with Gasteiger partial charge in [0, 0.05) is 12.3 Å². The van der Waals surface area contributed by atoms with Gasteiger partial charge in [-0.05, 0) is 57.8 Å². The van der Waals surface area contributed by atoms with Gasteiger partial charge in [0.1, 0.15) is 0 Å². The van der Waals surface area contributed by atoms with E-state index in [-0.39, 0.29) is 5.16 Å². The summed E-state index contributed by atoms with van der Waals surface area (Å²) in [6.45, 7) is 8.47. The smallest absolute Gasteiger partial charge is 0.0733 e. The molecule has 2 atom stereocenters. The predicted octanol–water partition coefficient (Wildman–Crippen LogP) is 5.87. The maximum absolute atomic E-state index is 13.1. The standard InChI is InChI=1S/C23H26OP2/c1-18(21-16-11-17-22(21)26(24)23(2,3)4)25(19-12-7-5-8-13-19)20-14-9-6-10-15-20/h5-18H,1-4H3/q+1/t18-/m1/s1. The molecule has 1 nitrogen and oxygen atoms in total. The highest BCUT2D eigenvalue weighted by Gasteiger charge is 2.53. The van der Waals surface area contributed by atoms with Crippen LogP contribution in [-0.2, 0) is 4.57 Å². The number of hydrogen-bond donors (Lipinski definition) is 0. The molecule has 133 valence electrons. The lowest BCUT2D eigenvalue weighted by molar-refractivity contribution is 0.566. The summed E-state index contributed by atoms with van der Waals surface area (Å²) < 4.78 is 13.1. The Labute approximate surface area is 161 Å². The molecule has 0 N–H and O–H groups in total. The van der Waals surface area contributed by atoms with Crippen LogP contribution in [0.15, 0.2) is 60.7 Å². The lowest BCUT2D eigenvalue weighted by atomic mass is 10.0. The highest BCUT2D eigenvalue weighted by molar-refractivity contribution is 7.73. The summed E-state index contributed by atoms with van der Waals surface area (Å²) in [7, 11) is -2.00. The third kappa shape index (κ3) is 4.27. The monoisotopic (exact) mass is 380 g/mol. The molecule has 5 radical (unpaired) electrons. The Balaban J connectivity index is 1.95. The van der Waals surface area contributed by atoms with Gasteiger partial charge in [0.2, 0.25) is 5.66 Å². The second kappa shape index (κ2) is 8.33. The Hall–Kier alpha value is -1.03. The Bertz CT molecular complexity index is 681. The molecule has 0 amide bonds. The highest BCUT2D eigenvalue weighted by Crippen LogP contribution is 2.61. The molecule has 1 unspecified atom stereocenters. The molecule has 0 saturated heterocycles. The fourth-order valence-corrected chi connectivity index (χ4v) is 7.47. The lowest BCUT2D eigenvalue weighted by Gasteiger charge is -2.30. The molecule has 2 aromatic rings. The molecule has 3 heteroatoms. The molecule has 0 spiro atoms. The normalized spacial score (nSPS) is 18.3. The summed E-state index contributed by atoms with van der Waals surface area (Å²) in [5.41, 5.74) is 1.33. The van der Waals surface area contributed by atoms with Crippen molar-refractivity contribution < 1.29 is 4.57 Å². The summed E-state index contributed by atoms with van der Waals surface area (Å²) in [4.78, 5) is 0. The zero-order chi connectivity index (χ0) is 18.7. The molecule has 3 rings (SSSR count). The van der Waals surface area contributed by atoms with E-state index in [4.69, 9.17) is 0 Å². The van der Waals surface area contributed by atoms with Crippen molar-refractivity contribution in [3.05, 3.63) is 91.5 Å². The summed E-state index contributed by atoms with van der Waals surface area (Å²) >= 11 is 0. The predicted molar refractivity (Wildman–Crippen MR) is 115 cm³/mol. The van der Waals surface area contributed by atoms with Gasteiger partial charge in [-0.2, -0.15) is 0 Å². The van der Waals surface area contributed by atoms with Crippen molar-refractivity contribution in [2.24, 2.45) is 0 Å².